The second kappa shape index (κ2) is 9.57. The van der Waals surface area contributed by atoms with Crippen LogP contribution in [0.2, 0.25) is 0 Å². The van der Waals surface area contributed by atoms with Gasteiger partial charge in [0.15, 0.2) is 13.1 Å². The lowest BCUT2D eigenvalue weighted by Gasteiger charge is -2.51. The smallest absolute Gasteiger partial charge is 0.362 e. The first-order valence-electron chi connectivity index (χ1n) is 12.4. The molecule has 0 amide bonds. The maximum atomic E-state index is 12.7. The van der Waals surface area contributed by atoms with E-state index in [0.717, 1.165) is 87.5 Å². The molecule has 3 fully saturated rings. The fourth-order valence-corrected chi connectivity index (χ4v) is 5.54. The van der Waals surface area contributed by atoms with Crippen molar-refractivity contribution in [1.82, 2.24) is 9.80 Å². The summed E-state index contributed by atoms with van der Waals surface area (Å²) in [7, 11) is 0. The van der Waals surface area contributed by atoms with Gasteiger partial charge in [0, 0.05) is 25.9 Å². The third-order valence-corrected chi connectivity index (χ3v) is 6.76. The van der Waals surface area contributed by atoms with Crippen LogP contribution in [0, 0.1) is 0 Å². The first-order valence-corrected chi connectivity index (χ1v) is 12.4. The van der Waals surface area contributed by atoms with Gasteiger partial charge >= 0.3 is 11.9 Å². The number of carbonyl (C=O) groups excluding carboxylic acids is 2. The Labute approximate surface area is 194 Å². The van der Waals surface area contributed by atoms with Crippen LogP contribution in [-0.4, -0.2) is 121 Å². The van der Waals surface area contributed by atoms with Crippen molar-refractivity contribution in [3.05, 3.63) is 0 Å². The standard InChI is InChI=1S/C24H46N4O4/c1-23(2,3)31-21(29)17-27-13-7-9-25(19-27)12-16-28(18-22(30)32-24(4,5)6)14-8-10-26(20-28)11-15-27/h7-20H2,1-6H3/q+2. The van der Waals surface area contributed by atoms with Gasteiger partial charge in [0.1, 0.15) is 24.5 Å². The van der Waals surface area contributed by atoms with Gasteiger partial charge < -0.3 is 18.4 Å². The average molecular weight is 455 g/mol. The molecular weight excluding hydrogens is 408 g/mol. The molecule has 4 atom stereocenters. The molecule has 0 aromatic heterocycles. The van der Waals surface area contributed by atoms with E-state index in [-0.39, 0.29) is 11.9 Å². The van der Waals surface area contributed by atoms with Crippen LogP contribution in [0.15, 0.2) is 0 Å². The molecule has 4 unspecified atom stereocenters. The molecule has 3 aliphatic heterocycles. The van der Waals surface area contributed by atoms with Crippen molar-refractivity contribution in [2.45, 2.75) is 65.6 Å². The Hall–Kier alpha value is -1.22. The van der Waals surface area contributed by atoms with Crippen LogP contribution in [0.3, 0.4) is 0 Å². The van der Waals surface area contributed by atoms with Gasteiger partial charge in [-0.05, 0) is 41.5 Å². The van der Waals surface area contributed by atoms with Crippen LogP contribution >= 0.6 is 0 Å². The number of nitrogens with zero attached hydrogens (tertiary/aromatic N) is 4. The van der Waals surface area contributed by atoms with Crippen molar-refractivity contribution in [2.75, 3.05) is 78.8 Å². The SMILES string of the molecule is CC(C)(C)OC(=O)C[N+]12CCCN(CC[N+]3(CC(=O)OC(C)(C)C)CCCN(CC1)C3)C2. The third-order valence-electron chi connectivity index (χ3n) is 6.76. The quantitative estimate of drug-likeness (QED) is 0.476. The molecule has 0 spiro atoms. The number of esters is 2. The molecule has 0 aromatic carbocycles. The van der Waals surface area contributed by atoms with E-state index in [9.17, 15) is 9.59 Å². The Morgan fingerprint density at radius 2 is 1.03 bits per heavy atom. The number of ether oxygens (including phenoxy) is 2. The Morgan fingerprint density at radius 3 is 1.38 bits per heavy atom. The number of hydrogen-bond donors (Lipinski definition) is 0. The highest BCUT2D eigenvalue weighted by Gasteiger charge is 2.43. The number of rotatable bonds is 4. The van der Waals surface area contributed by atoms with E-state index in [1.807, 2.05) is 41.5 Å². The largest absolute Gasteiger partial charge is 0.456 e. The topological polar surface area (TPSA) is 59.1 Å². The highest BCUT2D eigenvalue weighted by Crippen LogP contribution is 2.24. The van der Waals surface area contributed by atoms with Crippen molar-refractivity contribution in [1.29, 1.82) is 0 Å². The minimum Gasteiger partial charge on any atom is -0.456 e. The van der Waals surface area contributed by atoms with Crippen LogP contribution in [-0.2, 0) is 19.1 Å². The van der Waals surface area contributed by atoms with Gasteiger partial charge in [-0.1, -0.05) is 0 Å². The summed E-state index contributed by atoms with van der Waals surface area (Å²) in [6.07, 6.45) is 2.18. The van der Waals surface area contributed by atoms with E-state index in [0.29, 0.717) is 13.1 Å². The zero-order chi connectivity index (χ0) is 23.6. The fraction of sp³-hybridized carbons (Fsp3) is 0.917. The van der Waals surface area contributed by atoms with Crippen LogP contribution in [0.1, 0.15) is 54.4 Å². The average Bonchev–Trinajstić information content (AvgIpc) is 2.62. The Bertz CT molecular complexity index is 628. The zero-order valence-electron chi connectivity index (χ0n) is 21.3. The van der Waals surface area contributed by atoms with Crippen LogP contribution in [0.4, 0.5) is 0 Å². The predicted octanol–water partition coefficient (Wildman–Crippen LogP) is 1.64. The summed E-state index contributed by atoms with van der Waals surface area (Å²) in [6.45, 7) is 22.3. The van der Waals surface area contributed by atoms with E-state index in [2.05, 4.69) is 9.80 Å². The lowest BCUT2D eigenvalue weighted by molar-refractivity contribution is -0.952. The number of carbonyl (C=O) groups is 2. The van der Waals surface area contributed by atoms with Gasteiger partial charge in [-0.25, -0.2) is 9.59 Å². The number of hydrogen-bond acceptors (Lipinski definition) is 6. The number of quaternary nitrogens is 2. The lowest BCUT2D eigenvalue weighted by Crippen LogP contribution is -2.69. The van der Waals surface area contributed by atoms with Gasteiger partial charge in [0.25, 0.3) is 0 Å². The van der Waals surface area contributed by atoms with Crippen molar-refractivity contribution < 1.29 is 28.0 Å². The predicted molar refractivity (Wildman–Crippen MR) is 124 cm³/mol. The van der Waals surface area contributed by atoms with E-state index in [1.54, 1.807) is 0 Å². The van der Waals surface area contributed by atoms with Gasteiger partial charge in [-0.15, -0.1) is 0 Å². The summed E-state index contributed by atoms with van der Waals surface area (Å²) in [5.74, 6) is -0.185. The molecule has 4 bridgehead atoms. The Morgan fingerprint density at radius 1 is 0.656 bits per heavy atom. The van der Waals surface area contributed by atoms with Crippen LogP contribution < -0.4 is 0 Å². The molecule has 0 radical (unpaired) electrons. The van der Waals surface area contributed by atoms with E-state index < -0.39 is 11.2 Å². The van der Waals surface area contributed by atoms with E-state index in [1.165, 1.54) is 0 Å². The first-order chi connectivity index (χ1) is 14.8. The highest BCUT2D eigenvalue weighted by molar-refractivity contribution is 5.71. The second-order valence-corrected chi connectivity index (χ2v) is 12.3. The monoisotopic (exact) mass is 454 g/mol. The molecule has 184 valence electrons. The second-order valence-electron chi connectivity index (χ2n) is 12.3. The molecule has 0 aliphatic carbocycles. The molecular formula is C24H46N4O4+2. The van der Waals surface area contributed by atoms with Gasteiger partial charge in [0.2, 0.25) is 0 Å². The van der Waals surface area contributed by atoms with Crippen LogP contribution in [0.25, 0.3) is 0 Å². The molecule has 8 heteroatoms. The summed E-state index contributed by atoms with van der Waals surface area (Å²) in [5, 5.41) is 0. The summed E-state index contributed by atoms with van der Waals surface area (Å²) >= 11 is 0. The normalized spacial score (nSPS) is 33.8. The molecule has 0 saturated carbocycles. The van der Waals surface area contributed by atoms with E-state index in [4.69, 9.17) is 9.47 Å². The Kier molecular flexibility index (Phi) is 7.59. The van der Waals surface area contributed by atoms with Crippen molar-refractivity contribution in [2.24, 2.45) is 0 Å². The fourth-order valence-electron chi connectivity index (χ4n) is 5.54. The maximum absolute atomic E-state index is 12.7. The van der Waals surface area contributed by atoms with Crippen molar-refractivity contribution >= 4 is 11.9 Å². The van der Waals surface area contributed by atoms with Crippen LogP contribution in [0.5, 0.6) is 0 Å². The summed E-state index contributed by atoms with van der Waals surface area (Å²) in [5.41, 5.74) is -0.902. The number of fused-ring (bicyclic) bond motifs is 4. The molecule has 3 rings (SSSR count). The minimum absolute atomic E-state index is 0.0925. The molecule has 8 nitrogen and oxygen atoms in total. The van der Waals surface area contributed by atoms with Crippen molar-refractivity contribution in [3.63, 3.8) is 0 Å². The van der Waals surface area contributed by atoms with Gasteiger partial charge in [-0.2, -0.15) is 0 Å². The molecule has 0 aromatic rings. The van der Waals surface area contributed by atoms with Gasteiger partial charge in [0.05, 0.1) is 39.3 Å². The van der Waals surface area contributed by atoms with Crippen molar-refractivity contribution in [3.8, 4) is 0 Å². The summed E-state index contributed by atoms with van der Waals surface area (Å²) in [4.78, 5) is 30.5. The summed E-state index contributed by atoms with van der Waals surface area (Å²) in [6, 6.07) is 0. The maximum Gasteiger partial charge on any atom is 0.362 e. The summed E-state index contributed by atoms with van der Waals surface area (Å²) < 4.78 is 13.0. The first kappa shape index (κ1) is 25.4. The molecule has 3 saturated heterocycles. The molecule has 3 aliphatic rings. The molecule has 3 heterocycles. The Balaban J connectivity index is 1.72. The third kappa shape index (κ3) is 7.40. The highest BCUT2D eigenvalue weighted by atomic mass is 16.6. The minimum atomic E-state index is -0.451. The molecule has 0 N–H and O–H groups in total. The lowest BCUT2D eigenvalue weighted by atomic mass is 10.1. The molecule has 32 heavy (non-hydrogen) atoms. The van der Waals surface area contributed by atoms with Gasteiger partial charge in [-0.3, -0.25) is 9.80 Å². The van der Waals surface area contributed by atoms with E-state index >= 15 is 0 Å². The zero-order valence-corrected chi connectivity index (χ0v) is 21.3.